The molecule has 0 saturated heterocycles. The second kappa shape index (κ2) is 45.7. The Balaban J connectivity index is 0.000000176. The first-order valence-electron chi connectivity index (χ1n) is 47.0. The number of nitrogens with zero attached hydrogens (tertiary/aromatic N) is 7. The molecule has 0 amide bonds. The van der Waals surface area contributed by atoms with Gasteiger partial charge in [0, 0.05) is 142 Å². The fourth-order valence-electron chi connectivity index (χ4n) is 18.7. The van der Waals surface area contributed by atoms with Gasteiger partial charge in [-0.1, -0.05) is 274 Å². The second-order valence-electron chi connectivity index (χ2n) is 36.9. The molecule has 12 heteroatoms. The summed E-state index contributed by atoms with van der Waals surface area (Å²) in [5, 5.41) is 0. The molecule has 677 valence electrons. The van der Waals surface area contributed by atoms with E-state index < -0.39 is 0 Å². The van der Waals surface area contributed by atoms with Crippen molar-refractivity contribution >= 4 is 0 Å². The molecule has 4 heterocycles. The number of unbranched alkanes of at least 4 members (excludes halogenated alkanes) is 5. The number of pyridine rings is 1. The van der Waals surface area contributed by atoms with Crippen molar-refractivity contribution in [3.8, 4) is 108 Å². The zero-order valence-corrected chi connectivity index (χ0v) is 86.1. The predicted molar refractivity (Wildman–Crippen MR) is 529 cm³/mol. The van der Waals surface area contributed by atoms with E-state index in [4.69, 9.17) is 24.4 Å². The van der Waals surface area contributed by atoms with Gasteiger partial charge in [0.2, 0.25) is 0 Å². The van der Waals surface area contributed by atoms with Gasteiger partial charge in [0.05, 0.1) is 47.8 Å². The molecule has 0 saturated carbocycles. The van der Waals surface area contributed by atoms with Crippen molar-refractivity contribution in [1.82, 2.24) is 33.6 Å². The van der Waals surface area contributed by atoms with Gasteiger partial charge in [-0.15, -0.1) is 108 Å². The number of aryl methyl sites for hydroxylation is 5. The van der Waals surface area contributed by atoms with E-state index in [0.29, 0.717) is 36.9 Å². The van der Waals surface area contributed by atoms with Crippen LogP contribution in [-0.4, -0.2) is 46.9 Å². The first-order valence-corrected chi connectivity index (χ1v) is 47.0. The van der Waals surface area contributed by atoms with E-state index in [0.717, 1.165) is 116 Å². The Morgan fingerprint density at radius 3 is 1.25 bits per heavy atom. The van der Waals surface area contributed by atoms with E-state index in [2.05, 4.69) is 359 Å². The molecule has 4 aromatic heterocycles. The van der Waals surface area contributed by atoms with Crippen molar-refractivity contribution in [2.45, 2.75) is 223 Å². The van der Waals surface area contributed by atoms with Crippen LogP contribution in [0.5, 0.6) is 11.5 Å². The van der Waals surface area contributed by atoms with Crippen LogP contribution in [0.3, 0.4) is 0 Å². The summed E-state index contributed by atoms with van der Waals surface area (Å²) in [4.78, 5) is 20.4. The molecule has 130 heavy (non-hydrogen) atoms. The molecule has 3 aliphatic rings. The summed E-state index contributed by atoms with van der Waals surface area (Å²) < 4.78 is 19.7. The van der Waals surface area contributed by atoms with E-state index >= 15 is 0 Å². The molecular formula is C118H128Ir3N7O2-3. The monoisotopic (exact) mass is 2250 g/mol. The summed E-state index contributed by atoms with van der Waals surface area (Å²) >= 11 is 0. The van der Waals surface area contributed by atoms with E-state index in [1.165, 1.54) is 153 Å². The molecule has 3 aliphatic carbocycles. The SMILES string of the molecule is CC(C)c1cc(C(C)(C)C)cc(C(C)C)c1-n1cc(-c2ccc3c(c2)C2c4ccccc4C3c3ccccc32)nc1-c1[c-]cccc1.CCCCC(CC)COc1cc(OCC(CC)CCCC)cc(-c2cn(-c3cc(C)nc(C)c3)c(-c3[c-]cccc3)n2)c1.CCCCCCc1cc(C)c(-n2cc(-c3cccc(-c4ccccc4)c3)nc2-c2[c-]cccc2)c(C)c1.[Ir].[Ir].[Ir]. The van der Waals surface area contributed by atoms with Crippen molar-refractivity contribution in [3.05, 3.63) is 364 Å². The Morgan fingerprint density at radius 2 is 0.792 bits per heavy atom. The number of aromatic nitrogens is 7. The van der Waals surface area contributed by atoms with Gasteiger partial charge in [-0.3, -0.25) is 19.9 Å². The van der Waals surface area contributed by atoms with Gasteiger partial charge < -0.3 is 23.2 Å². The summed E-state index contributed by atoms with van der Waals surface area (Å²) in [7, 11) is 0. The second-order valence-corrected chi connectivity index (χ2v) is 36.9. The van der Waals surface area contributed by atoms with E-state index in [9.17, 15) is 0 Å². The maximum absolute atomic E-state index is 6.47. The summed E-state index contributed by atoms with van der Waals surface area (Å²) in [6.07, 6.45) is 22.4. The van der Waals surface area contributed by atoms with Crippen molar-refractivity contribution in [2.75, 3.05) is 13.2 Å². The van der Waals surface area contributed by atoms with Crippen molar-refractivity contribution in [2.24, 2.45) is 11.8 Å². The summed E-state index contributed by atoms with van der Waals surface area (Å²) in [5.74, 6) is 6.65. The summed E-state index contributed by atoms with van der Waals surface area (Å²) in [5.41, 5.74) is 33.6. The predicted octanol–water partition coefficient (Wildman–Crippen LogP) is 31.2. The Bertz CT molecular complexity index is 6060. The largest absolute Gasteiger partial charge is 0.493 e. The maximum atomic E-state index is 6.47. The summed E-state index contributed by atoms with van der Waals surface area (Å²) in [6, 6.07) is 99.1. The molecule has 18 rings (SSSR count). The number of imidazole rings is 3. The Labute approximate surface area is 816 Å². The molecule has 0 aliphatic heterocycles. The Hall–Kier alpha value is -10.3. The standard InChI is InChI=1S/C45H43N2.C38H50N3O2.C35H35N2.3Ir/c1-27(2)37-24-31(45(5,6)7)25-38(28(3)4)43(37)47-26-40(46-44(47)29-15-9-8-10-16-29)30-21-22-36-39(23-30)42-34-19-13-11-17-32(34)41(36)33-18-12-14-20-35(33)42;1-7-11-16-30(9-3)26-42-35-22-33(23-36(24-35)43-27-31(10-4)17-12-8-2)37-25-41(34-20-28(5)39-29(6)21-34)38(40-37)32-18-14-13-15-19-32;1-4-5-6-9-15-28-22-26(2)34(27(3)23-28)37-25-33(36-35(37)30-18-12-8-13-19-30)32-21-14-20-31(24-32)29-16-10-7-11-17-29;;;/h8-15,17-28,41-42H,1-7H3;13-15,18,20-25,30-31H,7-12,16-17,26-27H2,1-6H3;7-8,10-14,16-18,20-25H,4-6,9,15H2,1-3H3;;;/q3*-1;;;. The number of benzene rings is 11. The molecule has 0 fully saturated rings. The van der Waals surface area contributed by atoms with Crippen LogP contribution in [0.4, 0.5) is 0 Å². The number of hydrogen-bond donors (Lipinski definition) is 0. The molecule has 0 N–H and O–H groups in total. The number of hydrogen-bond acceptors (Lipinski definition) is 6. The number of rotatable bonds is 31. The fourth-order valence-corrected chi connectivity index (χ4v) is 18.7. The van der Waals surface area contributed by atoms with Gasteiger partial charge in [-0.25, -0.2) is 0 Å². The van der Waals surface area contributed by atoms with Gasteiger partial charge >= 0.3 is 0 Å². The number of ether oxygens (including phenoxy) is 2. The maximum Gasteiger partial charge on any atom is 0.123 e. The average molecular weight is 2250 g/mol. The van der Waals surface area contributed by atoms with E-state index in [1.807, 2.05) is 56.3 Å². The Morgan fingerprint density at radius 1 is 0.369 bits per heavy atom. The minimum absolute atomic E-state index is 0. The van der Waals surface area contributed by atoms with Crippen LogP contribution in [0.2, 0.25) is 0 Å². The quantitative estimate of drug-likeness (QED) is 0.0318. The van der Waals surface area contributed by atoms with Gasteiger partial charge in [-0.05, 0) is 197 Å². The third kappa shape index (κ3) is 22.9. The molecule has 9 nitrogen and oxygen atoms in total. The first-order chi connectivity index (χ1) is 61.7. The molecule has 0 spiro atoms. The molecular weight excluding hydrogens is 2120 g/mol. The topological polar surface area (TPSA) is 84.8 Å². The van der Waals surface area contributed by atoms with Gasteiger partial charge in [-0.2, -0.15) is 0 Å². The molecule has 15 aromatic rings. The fraction of sp³-hybridized carbons (Fsp3) is 0.322. The van der Waals surface area contributed by atoms with Gasteiger partial charge in [0.15, 0.2) is 0 Å². The smallest absolute Gasteiger partial charge is 0.123 e. The zero-order valence-electron chi connectivity index (χ0n) is 78.9. The van der Waals surface area contributed by atoms with Crippen LogP contribution in [-0.2, 0) is 72.2 Å². The minimum atomic E-state index is 0. The van der Waals surface area contributed by atoms with Gasteiger partial charge in [0.1, 0.15) is 11.5 Å². The van der Waals surface area contributed by atoms with Gasteiger partial charge in [0.25, 0.3) is 0 Å². The first kappa shape index (κ1) is 98.8. The van der Waals surface area contributed by atoms with Crippen LogP contribution in [0.15, 0.2) is 267 Å². The molecule has 11 aromatic carbocycles. The zero-order chi connectivity index (χ0) is 88.8. The van der Waals surface area contributed by atoms with Crippen LogP contribution in [0.25, 0.3) is 96.1 Å². The van der Waals surface area contributed by atoms with Crippen LogP contribution in [0.1, 0.15) is 262 Å². The van der Waals surface area contributed by atoms with Crippen LogP contribution >= 0.6 is 0 Å². The normalized spacial score (nSPS) is 13.3. The average Bonchev–Trinajstić information content (AvgIpc) is 1.68. The minimum Gasteiger partial charge on any atom is -0.493 e. The molecule has 2 bridgehead atoms. The third-order valence-electron chi connectivity index (χ3n) is 25.7. The Kier molecular flexibility index (Phi) is 34.7. The van der Waals surface area contributed by atoms with Crippen LogP contribution in [0, 0.1) is 57.7 Å². The van der Waals surface area contributed by atoms with E-state index in [1.54, 1.807) is 0 Å². The molecule has 3 radical (unpaired) electrons. The van der Waals surface area contributed by atoms with Crippen molar-refractivity contribution in [1.29, 1.82) is 0 Å². The van der Waals surface area contributed by atoms with Crippen molar-refractivity contribution in [3.63, 3.8) is 0 Å². The van der Waals surface area contributed by atoms with Crippen molar-refractivity contribution < 1.29 is 69.8 Å². The van der Waals surface area contributed by atoms with E-state index in [-0.39, 0.29) is 77.6 Å². The molecule has 2 unspecified atom stereocenters. The molecule has 2 atom stereocenters. The van der Waals surface area contributed by atoms with Crippen LogP contribution < -0.4 is 9.47 Å². The summed E-state index contributed by atoms with van der Waals surface area (Å²) in [6.45, 7) is 37.4. The third-order valence-corrected chi connectivity index (χ3v) is 25.7.